The zero-order chi connectivity index (χ0) is 17.0. The predicted octanol–water partition coefficient (Wildman–Crippen LogP) is 0.764. The second-order valence-corrected chi connectivity index (χ2v) is 7.30. The molecule has 3 rings (SSSR count). The second kappa shape index (κ2) is 7.14. The van der Waals surface area contributed by atoms with Gasteiger partial charge in [-0.15, -0.1) is 0 Å². The van der Waals surface area contributed by atoms with Gasteiger partial charge < -0.3 is 14.7 Å². The van der Waals surface area contributed by atoms with Gasteiger partial charge in [0.15, 0.2) is 0 Å². The van der Waals surface area contributed by atoms with Gasteiger partial charge in [0, 0.05) is 32.2 Å². The van der Waals surface area contributed by atoms with Crippen LogP contribution < -0.4 is 14.9 Å². The van der Waals surface area contributed by atoms with Crippen LogP contribution in [0.15, 0.2) is 27.9 Å². The first-order chi connectivity index (χ1) is 11.5. The summed E-state index contributed by atoms with van der Waals surface area (Å²) in [7, 11) is -3.59. The Balaban J connectivity index is 1.55. The van der Waals surface area contributed by atoms with Crippen molar-refractivity contribution in [3.8, 4) is 0 Å². The topological polar surface area (TPSA) is 113 Å². The molecular weight excluding hydrogens is 332 g/mol. The van der Waals surface area contributed by atoms with Crippen LogP contribution in [0.2, 0.25) is 0 Å². The highest BCUT2D eigenvalue weighted by Gasteiger charge is 2.16. The minimum atomic E-state index is -3.59. The van der Waals surface area contributed by atoms with Gasteiger partial charge in [0.2, 0.25) is 10.0 Å². The first-order valence-electron chi connectivity index (χ1n) is 7.78. The van der Waals surface area contributed by atoms with Crippen LogP contribution in [0.3, 0.4) is 0 Å². The van der Waals surface area contributed by atoms with Gasteiger partial charge in [-0.1, -0.05) is 5.16 Å². The van der Waals surface area contributed by atoms with Gasteiger partial charge >= 0.3 is 0 Å². The fourth-order valence-corrected chi connectivity index (χ4v) is 3.43. The number of aromatic nitrogens is 3. The van der Waals surface area contributed by atoms with Crippen LogP contribution in [0.1, 0.15) is 18.7 Å². The molecule has 0 saturated carbocycles. The van der Waals surface area contributed by atoms with E-state index in [0.29, 0.717) is 18.2 Å². The van der Waals surface area contributed by atoms with Gasteiger partial charge in [-0.25, -0.2) is 23.1 Å². The van der Waals surface area contributed by atoms with Crippen molar-refractivity contribution in [3.63, 3.8) is 0 Å². The third-order valence-electron chi connectivity index (χ3n) is 3.70. The Labute approximate surface area is 140 Å². The number of hydrogen-bond acceptors (Lipinski definition) is 8. The first kappa shape index (κ1) is 16.7. The van der Waals surface area contributed by atoms with Gasteiger partial charge in [0.05, 0.1) is 6.20 Å². The van der Waals surface area contributed by atoms with E-state index < -0.39 is 10.0 Å². The maximum absolute atomic E-state index is 11.9. The number of anilines is 2. The number of aryl methyl sites for hydroxylation is 1. The zero-order valence-electron chi connectivity index (χ0n) is 13.4. The van der Waals surface area contributed by atoms with E-state index in [9.17, 15) is 8.42 Å². The van der Waals surface area contributed by atoms with E-state index in [1.54, 1.807) is 0 Å². The lowest BCUT2D eigenvalue weighted by Gasteiger charge is -2.17. The highest BCUT2D eigenvalue weighted by Crippen LogP contribution is 2.20. The lowest BCUT2D eigenvalue weighted by molar-refractivity contribution is 0.417. The summed E-state index contributed by atoms with van der Waals surface area (Å²) in [6, 6.07) is 1.90. The normalized spacial score (nSPS) is 15.0. The first-order valence-corrected chi connectivity index (χ1v) is 9.26. The third-order valence-corrected chi connectivity index (χ3v) is 5.10. The summed E-state index contributed by atoms with van der Waals surface area (Å²) in [4.78, 5) is 11.0. The molecule has 1 fully saturated rings. The smallest absolute Gasteiger partial charge is 0.245 e. The van der Waals surface area contributed by atoms with Crippen LogP contribution in [0.5, 0.6) is 0 Å². The van der Waals surface area contributed by atoms with Crippen LogP contribution in [0.4, 0.5) is 11.6 Å². The molecule has 0 bridgehead atoms. The summed E-state index contributed by atoms with van der Waals surface area (Å²) in [5.74, 6) is 2.29. The average Bonchev–Trinajstić information content (AvgIpc) is 3.23. The largest absolute Gasteiger partial charge is 0.369 e. The molecule has 0 spiro atoms. The molecule has 0 atom stereocenters. The molecule has 130 valence electrons. The molecule has 10 heteroatoms. The second-order valence-electron chi connectivity index (χ2n) is 5.54. The summed E-state index contributed by atoms with van der Waals surface area (Å²) in [5.41, 5.74) is 0. The quantitative estimate of drug-likeness (QED) is 0.702. The van der Waals surface area contributed by atoms with E-state index >= 15 is 0 Å². The van der Waals surface area contributed by atoms with Crippen molar-refractivity contribution in [1.82, 2.24) is 19.8 Å². The Hall–Kier alpha value is -2.20. The van der Waals surface area contributed by atoms with E-state index in [4.69, 9.17) is 0 Å². The van der Waals surface area contributed by atoms with E-state index in [1.807, 2.05) is 13.0 Å². The van der Waals surface area contributed by atoms with Crippen molar-refractivity contribution >= 4 is 21.7 Å². The minimum absolute atomic E-state index is 0.0108. The fourth-order valence-electron chi connectivity index (χ4n) is 2.54. The summed E-state index contributed by atoms with van der Waals surface area (Å²) < 4.78 is 30.8. The van der Waals surface area contributed by atoms with Crippen molar-refractivity contribution < 1.29 is 12.9 Å². The molecule has 24 heavy (non-hydrogen) atoms. The molecule has 0 unspecified atom stereocenters. The summed E-state index contributed by atoms with van der Waals surface area (Å²) in [5, 5.41) is 6.51. The number of nitrogens with zero attached hydrogens (tertiary/aromatic N) is 4. The van der Waals surface area contributed by atoms with E-state index in [1.165, 1.54) is 12.8 Å². The molecule has 9 nitrogen and oxygen atoms in total. The molecular formula is C14H20N6O3S. The van der Waals surface area contributed by atoms with E-state index in [0.717, 1.165) is 31.4 Å². The van der Waals surface area contributed by atoms with Crippen LogP contribution in [-0.2, 0) is 10.0 Å². The van der Waals surface area contributed by atoms with Crippen LogP contribution in [0, 0.1) is 6.92 Å². The summed E-state index contributed by atoms with van der Waals surface area (Å²) >= 11 is 0. The Bertz CT molecular complexity index is 772. The molecule has 3 heterocycles. The van der Waals surface area contributed by atoms with Crippen LogP contribution in [0.25, 0.3) is 0 Å². The molecule has 2 aromatic rings. The van der Waals surface area contributed by atoms with Crippen molar-refractivity contribution in [2.45, 2.75) is 24.7 Å². The van der Waals surface area contributed by atoms with Crippen molar-refractivity contribution in [1.29, 1.82) is 0 Å². The SMILES string of the molecule is Cc1nc(NCCNS(=O)(=O)c2cnoc2)cc(N2CCCC2)n1. The molecule has 0 radical (unpaired) electrons. The standard InChI is InChI=1S/C14H20N6O3S/c1-11-18-13(8-14(19-11)20-6-2-3-7-20)15-4-5-17-24(21,22)12-9-16-23-10-12/h8-10,17H,2-7H2,1H3,(H,15,18,19). The highest BCUT2D eigenvalue weighted by atomic mass is 32.2. The molecule has 2 N–H and O–H groups in total. The molecule has 1 aliphatic heterocycles. The van der Waals surface area contributed by atoms with Crippen molar-refractivity contribution in [2.24, 2.45) is 0 Å². The number of rotatable bonds is 7. The van der Waals surface area contributed by atoms with E-state index in [-0.39, 0.29) is 11.4 Å². The van der Waals surface area contributed by atoms with Crippen LogP contribution >= 0.6 is 0 Å². The molecule has 0 amide bonds. The molecule has 2 aromatic heterocycles. The molecule has 1 saturated heterocycles. The number of hydrogen-bond donors (Lipinski definition) is 2. The molecule has 0 aliphatic carbocycles. The Morgan fingerprint density at radius 3 is 2.75 bits per heavy atom. The summed E-state index contributed by atoms with van der Waals surface area (Å²) in [6.07, 6.45) is 4.60. The fraction of sp³-hybridized carbons (Fsp3) is 0.500. The van der Waals surface area contributed by atoms with Crippen LogP contribution in [-0.4, -0.2) is 49.7 Å². The number of nitrogens with one attached hydrogen (secondary N) is 2. The lowest BCUT2D eigenvalue weighted by Crippen LogP contribution is -2.29. The maximum atomic E-state index is 11.9. The summed E-state index contributed by atoms with van der Waals surface area (Å²) in [6.45, 7) is 4.48. The van der Waals surface area contributed by atoms with Gasteiger partial charge in [0.1, 0.15) is 28.6 Å². The zero-order valence-corrected chi connectivity index (χ0v) is 14.2. The van der Waals surface area contributed by atoms with Gasteiger partial charge in [-0.05, 0) is 19.8 Å². The average molecular weight is 352 g/mol. The Kier molecular flexibility index (Phi) is 4.95. The van der Waals surface area contributed by atoms with Crippen molar-refractivity contribution in [3.05, 3.63) is 24.4 Å². The van der Waals surface area contributed by atoms with Gasteiger partial charge in [0.25, 0.3) is 0 Å². The van der Waals surface area contributed by atoms with Gasteiger partial charge in [-0.2, -0.15) is 0 Å². The van der Waals surface area contributed by atoms with Gasteiger partial charge in [-0.3, -0.25) is 0 Å². The number of sulfonamides is 1. The predicted molar refractivity (Wildman–Crippen MR) is 88.4 cm³/mol. The Morgan fingerprint density at radius 2 is 2.04 bits per heavy atom. The van der Waals surface area contributed by atoms with Crippen molar-refractivity contribution in [2.75, 3.05) is 36.4 Å². The highest BCUT2D eigenvalue weighted by molar-refractivity contribution is 7.89. The van der Waals surface area contributed by atoms with E-state index in [2.05, 4.69) is 34.6 Å². The molecule has 0 aromatic carbocycles. The minimum Gasteiger partial charge on any atom is -0.369 e. The Morgan fingerprint density at radius 1 is 1.25 bits per heavy atom. The third kappa shape index (κ3) is 4.01. The maximum Gasteiger partial charge on any atom is 0.245 e. The molecule has 1 aliphatic rings. The monoisotopic (exact) mass is 352 g/mol. The lowest BCUT2D eigenvalue weighted by atomic mass is 10.4.